The molecule has 0 radical (unpaired) electrons. The van der Waals surface area contributed by atoms with Gasteiger partial charge in [-0.05, 0) is 32.4 Å². The lowest BCUT2D eigenvalue weighted by molar-refractivity contribution is 0.181. The maximum Gasteiger partial charge on any atom is 0.0107 e. The number of hydrogen-bond donors (Lipinski definition) is 1. The van der Waals surface area contributed by atoms with Crippen molar-refractivity contribution in [1.29, 1.82) is 0 Å². The first-order valence-electron chi connectivity index (χ1n) is 6.46. The Bertz CT molecular complexity index is 178. The highest BCUT2D eigenvalue weighted by molar-refractivity contribution is 4.75. The molecule has 0 bridgehead atoms. The maximum atomic E-state index is 3.42. The van der Waals surface area contributed by atoms with Crippen LogP contribution >= 0.6 is 0 Å². The van der Waals surface area contributed by atoms with Crippen LogP contribution in [0.3, 0.4) is 0 Å². The van der Waals surface area contributed by atoms with E-state index in [0.29, 0.717) is 0 Å². The normalized spacial score (nSPS) is 31.4. The lowest BCUT2D eigenvalue weighted by atomic mass is 10.0. The van der Waals surface area contributed by atoms with Crippen molar-refractivity contribution < 1.29 is 0 Å². The maximum absolute atomic E-state index is 3.42. The molecule has 88 valence electrons. The average Bonchev–Trinajstić information content (AvgIpc) is 2.44. The zero-order valence-corrected chi connectivity index (χ0v) is 10.0. The van der Waals surface area contributed by atoms with E-state index in [2.05, 4.69) is 22.2 Å². The van der Waals surface area contributed by atoms with E-state index >= 15 is 0 Å². The third-order valence-corrected chi connectivity index (χ3v) is 3.70. The SMILES string of the molecule is CN1CCCCC(CN2CCNCC2)C1. The summed E-state index contributed by atoms with van der Waals surface area (Å²) < 4.78 is 0. The van der Waals surface area contributed by atoms with Gasteiger partial charge < -0.3 is 15.1 Å². The molecule has 0 spiro atoms. The van der Waals surface area contributed by atoms with Crippen molar-refractivity contribution in [2.45, 2.75) is 19.3 Å². The van der Waals surface area contributed by atoms with E-state index < -0.39 is 0 Å². The summed E-state index contributed by atoms with van der Waals surface area (Å²) in [7, 11) is 2.27. The predicted molar refractivity (Wildman–Crippen MR) is 64.1 cm³/mol. The number of piperazine rings is 1. The van der Waals surface area contributed by atoms with Crippen LogP contribution in [0.1, 0.15) is 19.3 Å². The van der Waals surface area contributed by atoms with Gasteiger partial charge in [0, 0.05) is 39.3 Å². The zero-order chi connectivity index (χ0) is 10.5. The molecular weight excluding hydrogens is 186 g/mol. The van der Waals surface area contributed by atoms with Gasteiger partial charge in [0.2, 0.25) is 0 Å². The van der Waals surface area contributed by atoms with Gasteiger partial charge in [-0.15, -0.1) is 0 Å². The highest BCUT2D eigenvalue weighted by atomic mass is 15.2. The number of nitrogens with zero attached hydrogens (tertiary/aromatic N) is 2. The fraction of sp³-hybridized carbons (Fsp3) is 1.00. The van der Waals surface area contributed by atoms with E-state index in [1.54, 1.807) is 0 Å². The molecule has 3 heteroatoms. The van der Waals surface area contributed by atoms with Crippen LogP contribution < -0.4 is 5.32 Å². The molecular formula is C12H25N3. The van der Waals surface area contributed by atoms with Crippen LogP contribution in [0.2, 0.25) is 0 Å². The van der Waals surface area contributed by atoms with Crippen molar-refractivity contribution in [3.63, 3.8) is 0 Å². The highest BCUT2D eigenvalue weighted by Crippen LogP contribution is 2.16. The molecule has 0 aromatic carbocycles. The Morgan fingerprint density at radius 2 is 1.93 bits per heavy atom. The van der Waals surface area contributed by atoms with E-state index in [1.165, 1.54) is 65.1 Å². The minimum absolute atomic E-state index is 0.913. The summed E-state index contributed by atoms with van der Waals surface area (Å²) in [5, 5.41) is 3.42. The molecule has 0 aromatic heterocycles. The molecule has 2 aliphatic rings. The van der Waals surface area contributed by atoms with Gasteiger partial charge in [0.1, 0.15) is 0 Å². The summed E-state index contributed by atoms with van der Waals surface area (Å²) in [5.74, 6) is 0.913. The summed E-state index contributed by atoms with van der Waals surface area (Å²) in [6, 6.07) is 0. The molecule has 1 atom stereocenters. The summed E-state index contributed by atoms with van der Waals surface area (Å²) in [6.45, 7) is 8.81. The Morgan fingerprint density at radius 1 is 1.13 bits per heavy atom. The summed E-state index contributed by atoms with van der Waals surface area (Å²) in [5.41, 5.74) is 0. The van der Waals surface area contributed by atoms with E-state index in [9.17, 15) is 0 Å². The van der Waals surface area contributed by atoms with Crippen LogP contribution in [0.5, 0.6) is 0 Å². The first-order chi connectivity index (χ1) is 7.34. The Labute approximate surface area is 93.8 Å². The van der Waals surface area contributed by atoms with Crippen LogP contribution in [-0.2, 0) is 0 Å². The standard InChI is InChI=1S/C12H25N3/c1-14-7-3-2-4-12(10-14)11-15-8-5-13-6-9-15/h12-13H,2-11H2,1H3. The number of likely N-dealkylation sites (tertiary alicyclic amines) is 1. The average molecular weight is 211 g/mol. The van der Waals surface area contributed by atoms with Crippen molar-refractivity contribution >= 4 is 0 Å². The fourth-order valence-corrected chi connectivity index (χ4v) is 2.85. The second-order valence-corrected chi connectivity index (χ2v) is 5.17. The number of rotatable bonds is 2. The zero-order valence-electron chi connectivity index (χ0n) is 10.0. The molecule has 2 aliphatic heterocycles. The van der Waals surface area contributed by atoms with Crippen molar-refractivity contribution in [2.24, 2.45) is 5.92 Å². The molecule has 2 heterocycles. The predicted octanol–water partition coefficient (Wildman–Crippen LogP) is 0.624. The Morgan fingerprint density at radius 3 is 2.73 bits per heavy atom. The molecule has 0 amide bonds. The molecule has 0 saturated carbocycles. The molecule has 1 N–H and O–H groups in total. The molecule has 1 unspecified atom stereocenters. The van der Waals surface area contributed by atoms with E-state index in [4.69, 9.17) is 0 Å². The lowest BCUT2D eigenvalue weighted by Gasteiger charge is -2.31. The van der Waals surface area contributed by atoms with Crippen LogP contribution in [0, 0.1) is 5.92 Å². The van der Waals surface area contributed by atoms with Crippen molar-refractivity contribution in [3.8, 4) is 0 Å². The van der Waals surface area contributed by atoms with Gasteiger partial charge in [-0.2, -0.15) is 0 Å². The topological polar surface area (TPSA) is 18.5 Å². The molecule has 2 fully saturated rings. The highest BCUT2D eigenvalue weighted by Gasteiger charge is 2.19. The Balaban J connectivity index is 1.76. The number of hydrogen-bond acceptors (Lipinski definition) is 3. The van der Waals surface area contributed by atoms with E-state index in [-0.39, 0.29) is 0 Å². The second-order valence-electron chi connectivity index (χ2n) is 5.17. The molecule has 2 rings (SSSR count). The van der Waals surface area contributed by atoms with E-state index in [1.807, 2.05) is 0 Å². The largest absolute Gasteiger partial charge is 0.314 e. The van der Waals surface area contributed by atoms with Gasteiger partial charge in [-0.1, -0.05) is 6.42 Å². The first-order valence-corrected chi connectivity index (χ1v) is 6.46. The van der Waals surface area contributed by atoms with Crippen LogP contribution in [0.15, 0.2) is 0 Å². The molecule has 3 nitrogen and oxygen atoms in total. The smallest absolute Gasteiger partial charge is 0.0107 e. The fourth-order valence-electron chi connectivity index (χ4n) is 2.85. The number of nitrogens with one attached hydrogen (secondary N) is 1. The summed E-state index contributed by atoms with van der Waals surface area (Å²) in [4.78, 5) is 5.15. The molecule has 0 aromatic rings. The van der Waals surface area contributed by atoms with Gasteiger partial charge in [-0.25, -0.2) is 0 Å². The first kappa shape index (κ1) is 11.4. The lowest BCUT2D eigenvalue weighted by Crippen LogP contribution is -2.46. The minimum Gasteiger partial charge on any atom is -0.314 e. The second kappa shape index (κ2) is 5.83. The Kier molecular flexibility index (Phi) is 4.42. The summed E-state index contributed by atoms with van der Waals surface area (Å²) >= 11 is 0. The van der Waals surface area contributed by atoms with Crippen molar-refractivity contribution in [2.75, 3.05) is 52.9 Å². The van der Waals surface area contributed by atoms with Crippen LogP contribution in [0.25, 0.3) is 0 Å². The Hall–Kier alpha value is -0.120. The summed E-state index contributed by atoms with van der Waals surface area (Å²) in [6.07, 6.45) is 4.27. The third-order valence-electron chi connectivity index (χ3n) is 3.70. The van der Waals surface area contributed by atoms with Gasteiger partial charge in [0.15, 0.2) is 0 Å². The van der Waals surface area contributed by atoms with Crippen molar-refractivity contribution in [3.05, 3.63) is 0 Å². The van der Waals surface area contributed by atoms with Gasteiger partial charge in [-0.3, -0.25) is 0 Å². The van der Waals surface area contributed by atoms with Crippen molar-refractivity contribution in [1.82, 2.24) is 15.1 Å². The molecule has 15 heavy (non-hydrogen) atoms. The van der Waals surface area contributed by atoms with Gasteiger partial charge in [0.25, 0.3) is 0 Å². The molecule has 0 aliphatic carbocycles. The monoisotopic (exact) mass is 211 g/mol. The van der Waals surface area contributed by atoms with Gasteiger partial charge >= 0.3 is 0 Å². The third kappa shape index (κ3) is 3.74. The van der Waals surface area contributed by atoms with Crippen LogP contribution in [0.4, 0.5) is 0 Å². The van der Waals surface area contributed by atoms with E-state index in [0.717, 1.165) is 5.92 Å². The molecule has 2 saturated heterocycles. The van der Waals surface area contributed by atoms with Crippen LogP contribution in [-0.4, -0.2) is 62.7 Å². The van der Waals surface area contributed by atoms with Gasteiger partial charge in [0.05, 0.1) is 0 Å². The quantitative estimate of drug-likeness (QED) is 0.722. The minimum atomic E-state index is 0.913.